The number of amides is 2. The maximum atomic E-state index is 11.4. The van der Waals surface area contributed by atoms with Gasteiger partial charge < -0.3 is 15.7 Å². The van der Waals surface area contributed by atoms with Gasteiger partial charge in [0.15, 0.2) is 0 Å². The van der Waals surface area contributed by atoms with Crippen molar-refractivity contribution in [3.05, 3.63) is 22.4 Å². The normalized spacial score (nSPS) is 11.8. The summed E-state index contributed by atoms with van der Waals surface area (Å²) >= 11 is 1.59. The summed E-state index contributed by atoms with van der Waals surface area (Å²) in [5.74, 6) is -1.16. The summed E-state index contributed by atoms with van der Waals surface area (Å²) in [4.78, 5) is 21.9. The van der Waals surface area contributed by atoms with E-state index in [2.05, 4.69) is 10.6 Å². The van der Waals surface area contributed by atoms with Crippen molar-refractivity contribution >= 4 is 23.3 Å². The topological polar surface area (TPSA) is 78.4 Å². The monoisotopic (exact) mass is 270 g/mol. The van der Waals surface area contributed by atoms with E-state index >= 15 is 0 Å². The van der Waals surface area contributed by atoms with Crippen molar-refractivity contribution in [1.29, 1.82) is 0 Å². The molecule has 3 N–H and O–H groups in total. The van der Waals surface area contributed by atoms with Crippen molar-refractivity contribution in [3.63, 3.8) is 0 Å². The van der Waals surface area contributed by atoms with Gasteiger partial charge in [-0.3, -0.25) is 4.79 Å². The molecule has 0 spiro atoms. The SMILES string of the molecule is CC(CCCNC(=O)NCc1ccsc1)C(=O)O. The number of thiophene rings is 1. The third-order valence-electron chi connectivity index (χ3n) is 2.55. The standard InChI is InChI=1S/C12H18N2O3S/c1-9(11(15)16)3-2-5-13-12(17)14-7-10-4-6-18-8-10/h4,6,8-9H,2-3,5,7H2,1H3,(H,15,16)(H2,13,14,17). The van der Waals surface area contributed by atoms with Crippen LogP contribution in [0.4, 0.5) is 4.79 Å². The Morgan fingerprint density at radius 3 is 2.83 bits per heavy atom. The first-order valence-electron chi connectivity index (χ1n) is 5.85. The van der Waals surface area contributed by atoms with Crippen LogP contribution in [0, 0.1) is 5.92 Å². The largest absolute Gasteiger partial charge is 0.481 e. The van der Waals surface area contributed by atoms with E-state index in [1.54, 1.807) is 18.3 Å². The highest BCUT2D eigenvalue weighted by molar-refractivity contribution is 7.07. The van der Waals surface area contributed by atoms with Gasteiger partial charge in [0.05, 0.1) is 5.92 Å². The molecule has 1 unspecified atom stereocenters. The Morgan fingerprint density at radius 1 is 1.44 bits per heavy atom. The first kappa shape index (κ1) is 14.5. The Morgan fingerprint density at radius 2 is 2.22 bits per heavy atom. The minimum absolute atomic E-state index is 0.218. The molecule has 0 bridgehead atoms. The highest BCUT2D eigenvalue weighted by Crippen LogP contribution is 2.05. The fourth-order valence-electron chi connectivity index (χ4n) is 1.37. The van der Waals surface area contributed by atoms with Gasteiger partial charge in [0, 0.05) is 13.1 Å². The zero-order valence-electron chi connectivity index (χ0n) is 10.3. The molecule has 1 aromatic heterocycles. The predicted molar refractivity (Wildman–Crippen MR) is 70.6 cm³/mol. The fraction of sp³-hybridized carbons (Fsp3) is 0.500. The molecule has 0 radical (unpaired) electrons. The molecule has 0 aliphatic carbocycles. The number of carbonyl (C=O) groups is 2. The molecule has 6 heteroatoms. The van der Waals surface area contributed by atoms with E-state index in [4.69, 9.17) is 5.11 Å². The average molecular weight is 270 g/mol. The molecule has 0 aliphatic heterocycles. The van der Waals surface area contributed by atoms with Crippen LogP contribution in [-0.2, 0) is 11.3 Å². The van der Waals surface area contributed by atoms with Crippen LogP contribution >= 0.6 is 11.3 Å². The van der Waals surface area contributed by atoms with E-state index in [-0.39, 0.29) is 11.9 Å². The Labute approximate surface area is 110 Å². The molecule has 2 amide bonds. The molecule has 1 atom stereocenters. The molecule has 5 nitrogen and oxygen atoms in total. The lowest BCUT2D eigenvalue weighted by atomic mass is 10.1. The summed E-state index contributed by atoms with van der Waals surface area (Å²) in [5, 5.41) is 18.1. The molecule has 0 aromatic carbocycles. The minimum atomic E-state index is -0.795. The molecular weight excluding hydrogens is 252 g/mol. The Balaban J connectivity index is 2.05. The van der Waals surface area contributed by atoms with Gasteiger partial charge in [-0.1, -0.05) is 6.92 Å². The van der Waals surface area contributed by atoms with Gasteiger partial charge in [0.1, 0.15) is 0 Å². The van der Waals surface area contributed by atoms with Crippen LogP contribution in [0.1, 0.15) is 25.3 Å². The molecule has 100 valence electrons. The summed E-state index contributed by atoms with van der Waals surface area (Å²) in [5.41, 5.74) is 1.08. The number of carbonyl (C=O) groups excluding carboxylic acids is 1. The van der Waals surface area contributed by atoms with Crippen LogP contribution in [-0.4, -0.2) is 23.7 Å². The average Bonchev–Trinajstić information content (AvgIpc) is 2.84. The highest BCUT2D eigenvalue weighted by atomic mass is 32.1. The van der Waals surface area contributed by atoms with Crippen LogP contribution in [0.3, 0.4) is 0 Å². The van der Waals surface area contributed by atoms with Gasteiger partial charge in [0.2, 0.25) is 0 Å². The molecule has 1 rings (SSSR count). The summed E-state index contributed by atoms with van der Waals surface area (Å²) in [6.07, 6.45) is 1.24. The quantitative estimate of drug-likeness (QED) is 0.663. The second-order valence-corrected chi connectivity index (χ2v) is 4.90. The molecule has 0 fully saturated rings. The van der Waals surface area contributed by atoms with Crippen LogP contribution in [0.2, 0.25) is 0 Å². The first-order chi connectivity index (χ1) is 8.59. The Kier molecular flexibility index (Phi) is 6.21. The van der Waals surface area contributed by atoms with Crippen LogP contribution < -0.4 is 10.6 Å². The van der Waals surface area contributed by atoms with Gasteiger partial charge in [-0.2, -0.15) is 11.3 Å². The van der Waals surface area contributed by atoms with Crippen LogP contribution in [0.25, 0.3) is 0 Å². The molecule has 0 saturated carbocycles. The summed E-state index contributed by atoms with van der Waals surface area (Å²) in [7, 11) is 0. The third kappa shape index (κ3) is 5.67. The van der Waals surface area contributed by atoms with Crippen molar-refractivity contribution in [3.8, 4) is 0 Å². The smallest absolute Gasteiger partial charge is 0.315 e. The number of urea groups is 1. The summed E-state index contributed by atoms with van der Waals surface area (Å²) < 4.78 is 0. The number of aliphatic carboxylic acids is 1. The van der Waals surface area contributed by atoms with Crippen molar-refractivity contribution < 1.29 is 14.7 Å². The Hall–Kier alpha value is -1.56. The zero-order chi connectivity index (χ0) is 13.4. The number of carboxylic acid groups (broad SMARTS) is 1. The predicted octanol–water partition coefficient (Wildman–Crippen LogP) is 2.05. The lowest BCUT2D eigenvalue weighted by Crippen LogP contribution is -2.35. The van der Waals surface area contributed by atoms with Crippen molar-refractivity contribution in [2.45, 2.75) is 26.3 Å². The third-order valence-corrected chi connectivity index (χ3v) is 3.29. The lowest BCUT2D eigenvalue weighted by Gasteiger charge is -2.08. The van der Waals surface area contributed by atoms with E-state index in [1.807, 2.05) is 16.8 Å². The maximum Gasteiger partial charge on any atom is 0.315 e. The zero-order valence-corrected chi connectivity index (χ0v) is 11.1. The van der Waals surface area contributed by atoms with Crippen LogP contribution in [0.15, 0.2) is 16.8 Å². The lowest BCUT2D eigenvalue weighted by molar-refractivity contribution is -0.141. The number of carboxylic acids is 1. The maximum absolute atomic E-state index is 11.4. The van der Waals surface area contributed by atoms with Gasteiger partial charge in [0.25, 0.3) is 0 Å². The fourth-order valence-corrected chi connectivity index (χ4v) is 2.04. The summed E-state index contributed by atoms with van der Waals surface area (Å²) in [6, 6.07) is 1.74. The number of hydrogen-bond acceptors (Lipinski definition) is 3. The Bertz CT molecular complexity index is 379. The second-order valence-electron chi connectivity index (χ2n) is 4.12. The van der Waals surface area contributed by atoms with E-state index in [0.29, 0.717) is 25.9 Å². The minimum Gasteiger partial charge on any atom is -0.481 e. The molecule has 0 aliphatic rings. The second kappa shape index (κ2) is 7.71. The number of rotatable bonds is 7. The molecule has 1 aromatic rings. The van der Waals surface area contributed by atoms with E-state index in [9.17, 15) is 9.59 Å². The summed E-state index contributed by atoms with van der Waals surface area (Å²) in [6.45, 7) is 2.67. The van der Waals surface area contributed by atoms with Gasteiger partial charge in [-0.05, 0) is 35.2 Å². The van der Waals surface area contributed by atoms with Gasteiger partial charge in [-0.15, -0.1) is 0 Å². The van der Waals surface area contributed by atoms with E-state index < -0.39 is 5.97 Å². The molecular formula is C12H18N2O3S. The van der Waals surface area contributed by atoms with E-state index in [0.717, 1.165) is 5.56 Å². The van der Waals surface area contributed by atoms with Crippen molar-refractivity contribution in [2.24, 2.45) is 5.92 Å². The van der Waals surface area contributed by atoms with Crippen molar-refractivity contribution in [2.75, 3.05) is 6.54 Å². The molecule has 18 heavy (non-hydrogen) atoms. The van der Waals surface area contributed by atoms with Crippen LogP contribution in [0.5, 0.6) is 0 Å². The van der Waals surface area contributed by atoms with Gasteiger partial charge >= 0.3 is 12.0 Å². The van der Waals surface area contributed by atoms with Gasteiger partial charge in [-0.25, -0.2) is 4.79 Å². The first-order valence-corrected chi connectivity index (χ1v) is 6.79. The molecule has 1 heterocycles. The number of hydrogen-bond donors (Lipinski definition) is 3. The number of nitrogens with one attached hydrogen (secondary N) is 2. The van der Waals surface area contributed by atoms with Crippen molar-refractivity contribution in [1.82, 2.24) is 10.6 Å². The highest BCUT2D eigenvalue weighted by Gasteiger charge is 2.09. The molecule has 0 saturated heterocycles. The van der Waals surface area contributed by atoms with E-state index in [1.165, 1.54) is 0 Å².